The zero-order valence-corrected chi connectivity index (χ0v) is 14.1. The minimum atomic E-state index is -0.440. The Morgan fingerprint density at radius 1 is 1.48 bits per heavy atom. The zero-order valence-electron chi connectivity index (χ0n) is 14.1. The minimum Gasteiger partial charge on any atom is -0.336 e. The van der Waals surface area contributed by atoms with Crippen LogP contribution in [0.1, 0.15) is 47.2 Å². The normalized spacial score (nSPS) is 18.0. The summed E-state index contributed by atoms with van der Waals surface area (Å²) in [5, 5.41) is 9.11. The summed E-state index contributed by atoms with van der Waals surface area (Å²) < 4.78 is 0. The van der Waals surface area contributed by atoms with E-state index in [2.05, 4.69) is 9.88 Å². The van der Waals surface area contributed by atoms with Crippen LogP contribution < -0.4 is 5.56 Å². The lowest BCUT2D eigenvalue weighted by Gasteiger charge is -2.36. The summed E-state index contributed by atoms with van der Waals surface area (Å²) in [6.07, 6.45) is 5.52. The number of rotatable bonds is 4. The monoisotopic (exact) mass is 316 g/mol. The molecule has 6 heteroatoms. The molecule has 0 spiro atoms. The van der Waals surface area contributed by atoms with Gasteiger partial charge in [-0.15, -0.1) is 0 Å². The maximum absolute atomic E-state index is 12.9. The molecule has 1 fully saturated rings. The van der Waals surface area contributed by atoms with Crippen LogP contribution in [0.15, 0.2) is 11.0 Å². The number of aromatic amines is 1. The van der Waals surface area contributed by atoms with E-state index in [9.17, 15) is 9.59 Å². The molecule has 1 aliphatic rings. The first-order valence-corrected chi connectivity index (χ1v) is 8.03. The molecule has 1 N–H and O–H groups in total. The van der Waals surface area contributed by atoms with Gasteiger partial charge in [0.1, 0.15) is 11.6 Å². The van der Waals surface area contributed by atoms with Gasteiger partial charge in [0, 0.05) is 18.8 Å². The lowest BCUT2D eigenvalue weighted by molar-refractivity contribution is 0.0590. The summed E-state index contributed by atoms with van der Waals surface area (Å²) in [5.41, 5.74) is 0.484. The van der Waals surface area contributed by atoms with Crippen LogP contribution in [0.4, 0.5) is 0 Å². The van der Waals surface area contributed by atoms with Crippen molar-refractivity contribution in [1.29, 1.82) is 5.26 Å². The van der Waals surface area contributed by atoms with E-state index in [1.54, 1.807) is 6.92 Å². The van der Waals surface area contributed by atoms with Gasteiger partial charge >= 0.3 is 0 Å². The highest BCUT2D eigenvalue weighted by Gasteiger charge is 2.29. The van der Waals surface area contributed by atoms with Crippen LogP contribution in [0.25, 0.3) is 0 Å². The molecule has 1 aromatic rings. The summed E-state index contributed by atoms with van der Waals surface area (Å²) in [7, 11) is 4.06. The van der Waals surface area contributed by atoms with E-state index in [4.69, 9.17) is 5.26 Å². The molecule has 0 bridgehead atoms. The third-order valence-corrected chi connectivity index (χ3v) is 4.49. The van der Waals surface area contributed by atoms with Gasteiger partial charge in [0.15, 0.2) is 0 Å². The van der Waals surface area contributed by atoms with Crippen LogP contribution in [0, 0.1) is 18.3 Å². The van der Waals surface area contributed by atoms with Crippen LogP contribution in [0.2, 0.25) is 0 Å². The first kappa shape index (κ1) is 17.2. The molecule has 2 rings (SSSR count). The molecule has 124 valence electrons. The molecule has 0 aromatic carbocycles. The van der Waals surface area contributed by atoms with Gasteiger partial charge in [0.2, 0.25) is 0 Å². The molecule has 1 aliphatic heterocycles. The molecule has 6 nitrogen and oxygen atoms in total. The standard InChI is InChI=1S/C17H24N4O2/c1-12-14(10-18)16(22)19-11-15(12)17(23)21-8-5-4-6-13(21)7-9-20(2)3/h11,13H,4-9H2,1-3H3,(H,19,22)/t13-/m1/s1. The van der Waals surface area contributed by atoms with Gasteiger partial charge in [-0.2, -0.15) is 5.26 Å². The molecular formula is C17H24N4O2. The lowest BCUT2D eigenvalue weighted by atomic mass is 9.97. The summed E-state index contributed by atoms with van der Waals surface area (Å²) >= 11 is 0. The second-order valence-electron chi connectivity index (χ2n) is 6.38. The number of nitrogens with zero attached hydrogens (tertiary/aromatic N) is 3. The Morgan fingerprint density at radius 3 is 2.87 bits per heavy atom. The quantitative estimate of drug-likeness (QED) is 0.913. The number of H-pyrrole nitrogens is 1. The molecule has 1 atom stereocenters. The van der Waals surface area contributed by atoms with Crippen molar-refractivity contribution < 1.29 is 4.79 Å². The number of nitriles is 1. The van der Waals surface area contributed by atoms with Gasteiger partial charge in [-0.05, 0) is 58.8 Å². The Bertz CT molecular complexity index is 672. The van der Waals surface area contributed by atoms with Crippen molar-refractivity contribution in [2.45, 2.75) is 38.6 Å². The largest absolute Gasteiger partial charge is 0.336 e. The Labute approximate surface area is 136 Å². The molecular weight excluding hydrogens is 292 g/mol. The SMILES string of the molecule is Cc1c(C(=O)N2CCCC[C@@H]2CCN(C)C)c[nH]c(=O)c1C#N. The van der Waals surface area contributed by atoms with Crippen LogP contribution in [0.5, 0.6) is 0 Å². The van der Waals surface area contributed by atoms with E-state index in [1.807, 2.05) is 25.1 Å². The van der Waals surface area contributed by atoms with Crippen LogP contribution in [-0.4, -0.2) is 53.9 Å². The fourth-order valence-corrected chi connectivity index (χ4v) is 3.11. The highest BCUT2D eigenvalue weighted by atomic mass is 16.2. The number of piperidine rings is 1. The van der Waals surface area contributed by atoms with Crippen molar-refractivity contribution in [3.8, 4) is 6.07 Å². The molecule has 0 radical (unpaired) electrons. The summed E-state index contributed by atoms with van der Waals surface area (Å²) in [6, 6.07) is 2.11. The molecule has 2 heterocycles. The van der Waals surface area contributed by atoms with Gasteiger partial charge in [-0.25, -0.2) is 0 Å². The lowest BCUT2D eigenvalue weighted by Crippen LogP contribution is -2.45. The fraction of sp³-hybridized carbons (Fsp3) is 0.588. The van der Waals surface area contributed by atoms with E-state index in [1.165, 1.54) is 6.20 Å². The summed E-state index contributed by atoms with van der Waals surface area (Å²) in [6.45, 7) is 3.33. The van der Waals surface area contributed by atoms with E-state index in [0.29, 0.717) is 11.1 Å². The maximum atomic E-state index is 12.9. The van der Waals surface area contributed by atoms with Crippen molar-refractivity contribution in [3.63, 3.8) is 0 Å². The van der Waals surface area contributed by atoms with Gasteiger partial charge in [0.05, 0.1) is 5.56 Å². The second-order valence-corrected chi connectivity index (χ2v) is 6.38. The molecule has 1 amide bonds. The second kappa shape index (κ2) is 7.42. The topological polar surface area (TPSA) is 80.2 Å². The predicted molar refractivity (Wildman–Crippen MR) is 88.4 cm³/mol. The fourth-order valence-electron chi connectivity index (χ4n) is 3.11. The average Bonchev–Trinajstić information content (AvgIpc) is 2.53. The van der Waals surface area contributed by atoms with Gasteiger partial charge in [-0.3, -0.25) is 9.59 Å². The van der Waals surface area contributed by atoms with E-state index < -0.39 is 5.56 Å². The minimum absolute atomic E-state index is 0.0256. The Kier molecular flexibility index (Phi) is 5.56. The Balaban J connectivity index is 2.27. The number of hydrogen-bond donors (Lipinski definition) is 1. The number of amides is 1. The highest BCUT2D eigenvalue weighted by Crippen LogP contribution is 2.23. The van der Waals surface area contributed by atoms with Gasteiger partial charge in [-0.1, -0.05) is 0 Å². The van der Waals surface area contributed by atoms with Crippen molar-refractivity contribution in [1.82, 2.24) is 14.8 Å². The molecule has 0 aliphatic carbocycles. The summed E-state index contributed by atoms with van der Waals surface area (Å²) in [5.74, 6) is -0.0845. The number of hydrogen-bond acceptors (Lipinski definition) is 4. The van der Waals surface area contributed by atoms with Crippen molar-refractivity contribution in [3.05, 3.63) is 33.2 Å². The average molecular weight is 316 g/mol. The van der Waals surface area contributed by atoms with Gasteiger partial charge in [0.25, 0.3) is 11.5 Å². The highest BCUT2D eigenvalue weighted by molar-refractivity contribution is 5.96. The van der Waals surface area contributed by atoms with Crippen LogP contribution >= 0.6 is 0 Å². The van der Waals surface area contributed by atoms with Crippen LogP contribution in [0.3, 0.4) is 0 Å². The van der Waals surface area contributed by atoms with Crippen molar-refractivity contribution >= 4 is 5.91 Å². The number of nitrogens with one attached hydrogen (secondary N) is 1. The first-order valence-electron chi connectivity index (χ1n) is 8.03. The predicted octanol–water partition coefficient (Wildman–Crippen LogP) is 1.50. The molecule has 1 aromatic heterocycles. The Hall–Kier alpha value is -2.13. The van der Waals surface area contributed by atoms with Crippen LogP contribution in [-0.2, 0) is 0 Å². The Morgan fingerprint density at radius 2 is 2.22 bits per heavy atom. The van der Waals surface area contributed by atoms with E-state index in [-0.39, 0.29) is 17.5 Å². The van der Waals surface area contributed by atoms with Crippen molar-refractivity contribution in [2.24, 2.45) is 0 Å². The third kappa shape index (κ3) is 3.80. The molecule has 1 saturated heterocycles. The smallest absolute Gasteiger partial charge is 0.266 e. The number of likely N-dealkylation sites (tertiary alicyclic amines) is 1. The van der Waals surface area contributed by atoms with Gasteiger partial charge < -0.3 is 14.8 Å². The third-order valence-electron chi connectivity index (χ3n) is 4.49. The molecule has 23 heavy (non-hydrogen) atoms. The molecule has 0 saturated carbocycles. The number of carbonyl (C=O) groups excluding carboxylic acids is 1. The summed E-state index contributed by atoms with van der Waals surface area (Å²) in [4.78, 5) is 31.1. The number of carbonyl (C=O) groups is 1. The number of pyridine rings is 1. The molecule has 0 unspecified atom stereocenters. The van der Waals surface area contributed by atoms with E-state index in [0.717, 1.165) is 38.8 Å². The van der Waals surface area contributed by atoms with Crippen molar-refractivity contribution in [2.75, 3.05) is 27.2 Å². The van der Waals surface area contributed by atoms with E-state index >= 15 is 0 Å². The first-order chi connectivity index (χ1) is 11.0. The number of aromatic nitrogens is 1. The zero-order chi connectivity index (χ0) is 17.0. The maximum Gasteiger partial charge on any atom is 0.266 e.